The number of hydrogen-bond donors (Lipinski definition) is 2. The summed E-state index contributed by atoms with van der Waals surface area (Å²) in [6, 6.07) is 6.05. The minimum absolute atomic E-state index is 0.0431. The molecule has 0 bridgehead atoms. The topological polar surface area (TPSA) is 62.3 Å². The Morgan fingerprint density at radius 3 is 2.62 bits per heavy atom. The van der Waals surface area contributed by atoms with Crippen LogP contribution in [0.1, 0.15) is 24.0 Å². The average Bonchev–Trinajstić information content (AvgIpc) is 2.67. The number of likely N-dealkylation sites (tertiary alicyclic amines) is 1. The Hall–Kier alpha value is -2.10. The molecule has 1 saturated heterocycles. The molecule has 3 rings (SSSR count). The Morgan fingerprint density at radius 2 is 2.00 bits per heavy atom. The molecule has 0 amide bonds. The van der Waals surface area contributed by atoms with Gasteiger partial charge in [-0.3, -0.25) is 0 Å². The summed E-state index contributed by atoms with van der Waals surface area (Å²) in [6.07, 6.45) is -1.72. The number of aromatic nitrogens is 2. The van der Waals surface area contributed by atoms with Gasteiger partial charge in [0, 0.05) is 18.8 Å². The maximum atomic E-state index is 12.8. The second-order valence-electron chi connectivity index (χ2n) is 7.01. The van der Waals surface area contributed by atoms with Crippen molar-refractivity contribution >= 4 is 23.2 Å². The number of rotatable bonds is 6. The molecule has 1 aliphatic rings. The van der Waals surface area contributed by atoms with Crippen LogP contribution in [-0.2, 0) is 12.7 Å². The van der Waals surface area contributed by atoms with Crippen LogP contribution in [0.5, 0.6) is 5.75 Å². The lowest BCUT2D eigenvalue weighted by atomic mass is 10.0. The van der Waals surface area contributed by atoms with E-state index in [0.717, 1.165) is 31.5 Å². The molecule has 6 nitrogen and oxygen atoms in total. The first-order valence-electron chi connectivity index (χ1n) is 9.22. The van der Waals surface area contributed by atoms with Crippen molar-refractivity contribution in [1.82, 2.24) is 20.2 Å². The van der Waals surface area contributed by atoms with E-state index in [4.69, 9.17) is 16.3 Å². The summed E-state index contributed by atoms with van der Waals surface area (Å²) >= 11 is 5.65. The van der Waals surface area contributed by atoms with E-state index in [1.54, 1.807) is 6.07 Å². The summed E-state index contributed by atoms with van der Waals surface area (Å²) in [4.78, 5) is 9.71. The van der Waals surface area contributed by atoms with Gasteiger partial charge in [0.25, 0.3) is 0 Å². The fourth-order valence-corrected chi connectivity index (χ4v) is 3.39. The lowest BCUT2D eigenvalue weighted by molar-refractivity contribution is -0.137. The van der Waals surface area contributed by atoms with Gasteiger partial charge in [-0.05, 0) is 50.7 Å². The molecule has 1 fully saturated rings. The third-order valence-electron chi connectivity index (χ3n) is 4.87. The smallest absolute Gasteiger partial charge is 0.420 e. The lowest BCUT2D eigenvalue weighted by Gasteiger charge is -2.29. The highest BCUT2D eigenvalue weighted by atomic mass is 35.5. The zero-order chi connectivity index (χ0) is 21.0. The van der Waals surface area contributed by atoms with E-state index >= 15 is 0 Å². The fraction of sp³-hybridized carbons (Fsp3) is 0.474. The van der Waals surface area contributed by atoms with Gasteiger partial charge in [0.05, 0.1) is 12.8 Å². The molecule has 2 N–H and O–H groups in total. The Kier molecular flexibility index (Phi) is 6.81. The highest BCUT2D eigenvalue weighted by Gasteiger charge is 2.34. The minimum Gasteiger partial charge on any atom is -0.495 e. The molecule has 2 heterocycles. The van der Waals surface area contributed by atoms with Crippen LogP contribution in [0.4, 0.5) is 24.8 Å². The minimum atomic E-state index is -4.60. The molecular formula is C19H23ClF3N5O. The van der Waals surface area contributed by atoms with Crippen molar-refractivity contribution in [2.45, 2.75) is 31.6 Å². The van der Waals surface area contributed by atoms with Crippen molar-refractivity contribution in [3.8, 4) is 5.75 Å². The molecule has 0 radical (unpaired) electrons. The predicted molar refractivity (Wildman–Crippen MR) is 106 cm³/mol. The van der Waals surface area contributed by atoms with Gasteiger partial charge in [-0.1, -0.05) is 17.7 Å². The Balaban J connectivity index is 1.67. The number of alkyl halides is 3. The van der Waals surface area contributed by atoms with Gasteiger partial charge in [0.1, 0.15) is 16.5 Å². The quantitative estimate of drug-likeness (QED) is 0.674. The molecule has 10 heteroatoms. The first-order valence-corrected chi connectivity index (χ1v) is 9.59. The van der Waals surface area contributed by atoms with Crippen molar-refractivity contribution in [2.24, 2.45) is 0 Å². The molecular weight excluding hydrogens is 407 g/mol. The van der Waals surface area contributed by atoms with Crippen molar-refractivity contribution in [1.29, 1.82) is 0 Å². The molecule has 158 valence electrons. The summed E-state index contributed by atoms with van der Waals surface area (Å²) in [7, 11) is 3.65. The van der Waals surface area contributed by atoms with E-state index in [-0.39, 0.29) is 5.95 Å². The number of halogens is 4. The Morgan fingerprint density at radius 1 is 1.28 bits per heavy atom. The number of hydrogen-bond acceptors (Lipinski definition) is 6. The van der Waals surface area contributed by atoms with E-state index in [0.29, 0.717) is 30.2 Å². The van der Waals surface area contributed by atoms with E-state index in [1.165, 1.54) is 7.11 Å². The van der Waals surface area contributed by atoms with Crippen molar-refractivity contribution in [3.05, 3.63) is 40.7 Å². The summed E-state index contributed by atoms with van der Waals surface area (Å²) in [6.45, 7) is 2.87. The highest BCUT2D eigenvalue weighted by molar-refractivity contribution is 6.30. The number of nitrogens with one attached hydrogen (secondary N) is 2. The number of anilines is 2. The molecule has 29 heavy (non-hydrogen) atoms. The first-order chi connectivity index (χ1) is 13.8. The molecule has 0 atom stereocenters. The zero-order valence-electron chi connectivity index (χ0n) is 16.2. The molecule has 1 aromatic carbocycles. The Bertz CT molecular complexity index is 841. The standard InChI is InChI=1S/C19H23ClF3N5O/c1-28-7-5-13(6-8-28)24-10-12-3-4-15(16(9-12)29-2)26-18-25-11-14(17(20)27-18)19(21,22)23/h3-4,9,11,13,24H,5-8,10H2,1-2H3,(H,25,26,27). The second-order valence-corrected chi connectivity index (χ2v) is 7.37. The van der Waals surface area contributed by atoms with Crippen LogP contribution in [0, 0.1) is 0 Å². The second kappa shape index (κ2) is 9.15. The van der Waals surface area contributed by atoms with Crippen LogP contribution in [0.15, 0.2) is 24.4 Å². The van der Waals surface area contributed by atoms with Crippen molar-refractivity contribution in [3.63, 3.8) is 0 Å². The van der Waals surface area contributed by atoms with Crippen LogP contribution in [-0.4, -0.2) is 48.2 Å². The molecule has 0 spiro atoms. The number of nitrogens with zero attached hydrogens (tertiary/aromatic N) is 3. The third-order valence-corrected chi connectivity index (χ3v) is 5.16. The number of benzene rings is 1. The van der Waals surface area contributed by atoms with E-state index in [9.17, 15) is 13.2 Å². The summed E-state index contributed by atoms with van der Waals surface area (Å²) in [5.41, 5.74) is 0.496. The largest absolute Gasteiger partial charge is 0.495 e. The van der Waals surface area contributed by atoms with Crippen LogP contribution < -0.4 is 15.4 Å². The first kappa shape index (κ1) is 21.6. The van der Waals surface area contributed by atoms with E-state index in [1.807, 2.05) is 12.1 Å². The molecule has 1 aromatic heterocycles. The van der Waals surface area contributed by atoms with Crippen molar-refractivity contribution < 1.29 is 17.9 Å². The lowest BCUT2D eigenvalue weighted by Crippen LogP contribution is -2.40. The van der Waals surface area contributed by atoms with Gasteiger partial charge in [0.15, 0.2) is 0 Å². The summed E-state index contributed by atoms with van der Waals surface area (Å²) in [5, 5.41) is 5.75. The number of methoxy groups -OCH3 is 1. The number of piperidine rings is 1. The monoisotopic (exact) mass is 429 g/mol. The normalized spacial score (nSPS) is 16.1. The average molecular weight is 430 g/mol. The molecule has 0 unspecified atom stereocenters. The Labute approximate surface area is 172 Å². The van der Waals surface area contributed by atoms with Gasteiger partial charge in [0.2, 0.25) is 5.95 Å². The number of ether oxygens (including phenoxy) is 1. The summed E-state index contributed by atoms with van der Waals surface area (Å²) in [5.74, 6) is 0.491. The van der Waals surface area contributed by atoms with Gasteiger partial charge in [-0.15, -0.1) is 0 Å². The van der Waals surface area contributed by atoms with Gasteiger partial charge in [-0.2, -0.15) is 13.2 Å². The maximum Gasteiger partial charge on any atom is 0.420 e. The van der Waals surface area contributed by atoms with Gasteiger partial charge < -0.3 is 20.3 Å². The molecule has 0 aliphatic carbocycles. The summed E-state index contributed by atoms with van der Waals surface area (Å²) < 4.78 is 43.8. The third kappa shape index (κ3) is 5.71. The maximum absolute atomic E-state index is 12.8. The van der Waals surface area contributed by atoms with Gasteiger partial charge in [-0.25, -0.2) is 9.97 Å². The van der Waals surface area contributed by atoms with Crippen LogP contribution in [0.3, 0.4) is 0 Å². The fourth-order valence-electron chi connectivity index (χ4n) is 3.16. The zero-order valence-corrected chi connectivity index (χ0v) is 16.9. The highest BCUT2D eigenvalue weighted by Crippen LogP contribution is 2.34. The predicted octanol–water partition coefficient (Wildman–Crippen LogP) is 4.08. The molecule has 0 saturated carbocycles. The van der Waals surface area contributed by atoms with Crippen LogP contribution >= 0.6 is 11.6 Å². The molecule has 1 aliphatic heterocycles. The van der Waals surface area contributed by atoms with Crippen molar-refractivity contribution in [2.75, 3.05) is 32.6 Å². The van der Waals surface area contributed by atoms with Crippen LogP contribution in [0.25, 0.3) is 0 Å². The van der Waals surface area contributed by atoms with E-state index in [2.05, 4.69) is 32.5 Å². The molecule has 2 aromatic rings. The van der Waals surface area contributed by atoms with E-state index < -0.39 is 16.9 Å². The SMILES string of the molecule is COc1cc(CNC2CCN(C)CC2)ccc1Nc1ncc(C(F)(F)F)c(Cl)n1. The van der Waals surface area contributed by atoms with Crippen LogP contribution in [0.2, 0.25) is 5.15 Å². The van der Waals surface area contributed by atoms with Gasteiger partial charge >= 0.3 is 6.18 Å².